The molecule has 5 nitrogen and oxygen atoms in total. The number of nitrogens with one attached hydrogen (secondary N) is 1. The summed E-state index contributed by atoms with van der Waals surface area (Å²) in [5, 5.41) is 4.02. The Kier molecular flexibility index (Phi) is 3.62. The van der Waals surface area contributed by atoms with E-state index in [1.807, 2.05) is 41.9 Å². The molecule has 0 amide bonds. The Balaban J connectivity index is 1.65. The van der Waals surface area contributed by atoms with E-state index in [1.165, 1.54) is 0 Å². The first kappa shape index (κ1) is 13.0. The largest absolute Gasteiger partial charge is 0.305 e. The standard InChI is InChI=1S/C14H14ClN5/c1-10-17-5-4-12(18-10)6-16-7-13-9-20-8-11(15)2-3-14(20)19-13/h2-5,8-9,16H,6-7H2,1H3. The predicted octanol–water partition coefficient (Wildman–Crippen LogP) is 2.38. The number of imidazole rings is 1. The fourth-order valence-corrected chi connectivity index (χ4v) is 2.19. The molecule has 0 unspecified atom stereocenters. The van der Waals surface area contributed by atoms with Crippen LogP contribution in [0.25, 0.3) is 5.65 Å². The number of rotatable bonds is 4. The van der Waals surface area contributed by atoms with Crippen molar-refractivity contribution in [3.63, 3.8) is 0 Å². The molecule has 0 spiro atoms. The fourth-order valence-electron chi connectivity index (χ4n) is 2.02. The minimum absolute atomic E-state index is 0.683. The Morgan fingerprint density at radius 3 is 2.80 bits per heavy atom. The van der Waals surface area contributed by atoms with Crippen LogP contribution in [0.15, 0.2) is 36.8 Å². The average Bonchev–Trinajstić information content (AvgIpc) is 2.80. The predicted molar refractivity (Wildman–Crippen MR) is 77.5 cm³/mol. The number of hydrogen-bond acceptors (Lipinski definition) is 4. The maximum atomic E-state index is 5.95. The van der Waals surface area contributed by atoms with Crippen LogP contribution in [0.4, 0.5) is 0 Å². The van der Waals surface area contributed by atoms with E-state index in [9.17, 15) is 0 Å². The van der Waals surface area contributed by atoms with Crippen LogP contribution >= 0.6 is 11.6 Å². The summed E-state index contributed by atoms with van der Waals surface area (Å²) < 4.78 is 1.92. The van der Waals surface area contributed by atoms with Gasteiger partial charge in [0.2, 0.25) is 0 Å². The molecule has 3 heterocycles. The third-order valence-electron chi connectivity index (χ3n) is 2.91. The quantitative estimate of drug-likeness (QED) is 0.800. The van der Waals surface area contributed by atoms with Crippen LogP contribution in [0.3, 0.4) is 0 Å². The van der Waals surface area contributed by atoms with Gasteiger partial charge in [-0.3, -0.25) is 0 Å². The molecule has 0 aliphatic carbocycles. The van der Waals surface area contributed by atoms with Crippen LogP contribution in [0, 0.1) is 6.92 Å². The van der Waals surface area contributed by atoms with E-state index >= 15 is 0 Å². The molecule has 0 aliphatic heterocycles. The summed E-state index contributed by atoms with van der Waals surface area (Å²) in [5.74, 6) is 0.784. The number of aromatic nitrogens is 4. The van der Waals surface area contributed by atoms with Crippen molar-refractivity contribution in [1.29, 1.82) is 0 Å². The lowest BCUT2D eigenvalue weighted by molar-refractivity contribution is 0.666. The zero-order chi connectivity index (χ0) is 13.9. The fraction of sp³-hybridized carbons (Fsp3) is 0.214. The van der Waals surface area contributed by atoms with Gasteiger partial charge in [-0.15, -0.1) is 0 Å². The first-order valence-electron chi connectivity index (χ1n) is 6.33. The van der Waals surface area contributed by atoms with E-state index in [0.717, 1.165) is 22.9 Å². The molecule has 0 fully saturated rings. The zero-order valence-electron chi connectivity index (χ0n) is 11.0. The van der Waals surface area contributed by atoms with Crippen LogP contribution in [-0.2, 0) is 13.1 Å². The molecule has 3 aromatic rings. The van der Waals surface area contributed by atoms with Crippen LogP contribution in [-0.4, -0.2) is 19.4 Å². The van der Waals surface area contributed by atoms with Crippen molar-refractivity contribution in [2.24, 2.45) is 0 Å². The van der Waals surface area contributed by atoms with Crippen molar-refractivity contribution in [1.82, 2.24) is 24.7 Å². The summed E-state index contributed by atoms with van der Waals surface area (Å²) in [6.07, 6.45) is 5.59. The third kappa shape index (κ3) is 2.95. The van der Waals surface area contributed by atoms with Gasteiger partial charge in [0.25, 0.3) is 0 Å². The lowest BCUT2D eigenvalue weighted by Gasteiger charge is -2.02. The topological polar surface area (TPSA) is 55.1 Å². The van der Waals surface area contributed by atoms with E-state index < -0.39 is 0 Å². The summed E-state index contributed by atoms with van der Waals surface area (Å²) in [6, 6.07) is 5.65. The number of fused-ring (bicyclic) bond motifs is 1. The Hall–Kier alpha value is -1.98. The summed E-state index contributed by atoms with van der Waals surface area (Å²) in [7, 11) is 0. The molecule has 0 bridgehead atoms. The Morgan fingerprint density at radius 2 is 1.95 bits per heavy atom. The van der Waals surface area contributed by atoms with Gasteiger partial charge in [-0.1, -0.05) is 11.6 Å². The molecule has 0 saturated heterocycles. The van der Waals surface area contributed by atoms with Gasteiger partial charge in [0, 0.05) is 31.7 Å². The number of pyridine rings is 1. The highest BCUT2D eigenvalue weighted by Gasteiger charge is 2.02. The summed E-state index contributed by atoms with van der Waals surface area (Å²) in [5.41, 5.74) is 2.84. The van der Waals surface area contributed by atoms with E-state index in [2.05, 4.69) is 20.3 Å². The maximum Gasteiger partial charge on any atom is 0.137 e. The SMILES string of the molecule is Cc1nccc(CNCc2cn3cc(Cl)ccc3n2)n1. The third-order valence-corrected chi connectivity index (χ3v) is 3.13. The van der Waals surface area contributed by atoms with Gasteiger partial charge in [0.1, 0.15) is 11.5 Å². The lowest BCUT2D eigenvalue weighted by Crippen LogP contribution is -2.14. The maximum absolute atomic E-state index is 5.95. The number of hydrogen-bond donors (Lipinski definition) is 1. The van der Waals surface area contributed by atoms with Crippen LogP contribution in [0.1, 0.15) is 17.2 Å². The summed E-state index contributed by atoms with van der Waals surface area (Å²) in [4.78, 5) is 12.9. The highest BCUT2D eigenvalue weighted by Crippen LogP contribution is 2.11. The molecule has 0 aromatic carbocycles. The molecule has 0 atom stereocenters. The van der Waals surface area contributed by atoms with E-state index in [0.29, 0.717) is 18.1 Å². The molecule has 6 heteroatoms. The molecule has 0 aliphatic rings. The first-order valence-corrected chi connectivity index (χ1v) is 6.71. The summed E-state index contributed by atoms with van der Waals surface area (Å²) in [6.45, 7) is 3.26. The monoisotopic (exact) mass is 287 g/mol. The molecule has 102 valence electrons. The van der Waals surface area contributed by atoms with E-state index in [4.69, 9.17) is 11.6 Å². The van der Waals surface area contributed by atoms with Crippen molar-refractivity contribution in [3.05, 3.63) is 59.0 Å². The molecule has 3 rings (SSSR count). The Bertz CT molecular complexity index is 737. The van der Waals surface area contributed by atoms with Crippen LogP contribution < -0.4 is 5.32 Å². The second kappa shape index (κ2) is 5.56. The van der Waals surface area contributed by atoms with Gasteiger partial charge in [-0.25, -0.2) is 15.0 Å². The van der Waals surface area contributed by atoms with Crippen molar-refractivity contribution < 1.29 is 0 Å². The molecule has 20 heavy (non-hydrogen) atoms. The number of halogens is 1. The molecule has 3 aromatic heterocycles. The number of nitrogens with zero attached hydrogens (tertiary/aromatic N) is 4. The second-order valence-corrected chi connectivity index (χ2v) is 4.98. The molecule has 0 saturated carbocycles. The van der Waals surface area contributed by atoms with E-state index in [-0.39, 0.29) is 0 Å². The first-order chi connectivity index (χ1) is 9.70. The van der Waals surface area contributed by atoms with Crippen molar-refractivity contribution >= 4 is 17.2 Å². The normalized spacial score (nSPS) is 11.1. The highest BCUT2D eigenvalue weighted by atomic mass is 35.5. The highest BCUT2D eigenvalue weighted by molar-refractivity contribution is 6.30. The smallest absolute Gasteiger partial charge is 0.137 e. The van der Waals surface area contributed by atoms with Crippen LogP contribution in [0.2, 0.25) is 5.02 Å². The second-order valence-electron chi connectivity index (χ2n) is 4.54. The van der Waals surface area contributed by atoms with Gasteiger partial charge in [-0.2, -0.15) is 0 Å². The number of aryl methyl sites for hydroxylation is 1. The van der Waals surface area contributed by atoms with Crippen molar-refractivity contribution in [3.8, 4) is 0 Å². The molecular formula is C14H14ClN5. The zero-order valence-corrected chi connectivity index (χ0v) is 11.8. The minimum atomic E-state index is 0.683. The molecule has 1 N–H and O–H groups in total. The molecular weight excluding hydrogens is 274 g/mol. The van der Waals surface area contributed by atoms with E-state index in [1.54, 1.807) is 6.20 Å². The van der Waals surface area contributed by atoms with Gasteiger partial charge in [0.05, 0.1) is 16.4 Å². The Morgan fingerprint density at radius 1 is 1.10 bits per heavy atom. The van der Waals surface area contributed by atoms with Gasteiger partial charge in [0.15, 0.2) is 0 Å². The lowest BCUT2D eigenvalue weighted by atomic mass is 10.4. The minimum Gasteiger partial charge on any atom is -0.305 e. The average molecular weight is 288 g/mol. The van der Waals surface area contributed by atoms with Crippen molar-refractivity contribution in [2.75, 3.05) is 0 Å². The van der Waals surface area contributed by atoms with Gasteiger partial charge in [-0.05, 0) is 25.1 Å². The van der Waals surface area contributed by atoms with Crippen molar-refractivity contribution in [2.45, 2.75) is 20.0 Å². The van der Waals surface area contributed by atoms with Crippen LogP contribution in [0.5, 0.6) is 0 Å². The summed E-state index contributed by atoms with van der Waals surface area (Å²) >= 11 is 5.95. The van der Waals surface area contributed by atoms with Gasteiger partial charge >= 0.3 is 0 Å². The molecule has 0 radical (unpaired) electrons. The van der Waals surface area contributed by atoms with Gasteiger partial charge < -0.3 is 9.72 Å². The Labute approximate surface area is 121 Å².